The van der Waals surface area contributed by atoms with E-state index in [2.05, 4.69) is 15.5 Å². The first-order chi connectivity index (χ1) is 14.5. The lowest BCUT2D eigenvalue weighted by Gasteiger charge is -2.26. The van der Waals surface area contributed by atoms with Gasteiger partial charge in [0.2, 0.25) is 5.91 Å². The van der Waals surface area contributed by atoms with E-state index in [-0.39, 0.29) is 17.6 Å². The van der Waals surface area contributed by atoms with Crippen molar-refractivity contribution in [3.63, 3.8) is 0 Å². The van der Waals surface area contributed by atoms with Crippen molar-refractivity contribution in [2.24, 2.45) is 0 Å². The summed E-state index contributed by atoms with van der Waals surface area (Å²) in [4.78, 5) is 28.1. The molecule has 0 radical (unpaired) electrons. The second kappa shape index (κ2) is 11.1. The molecular formula is C22H26FN3O3S. The van der Waals surface area contributed by atoms with Crippen molar-refractivity contribution >= 4 is 29.3 Å². The van der Waals surface area contributed by atoms with Crippen LogP contribution in [-0.4, -0.2) is 56.1 Å². The Labute approximate surface area is 180 Å². The number of carbonyl (C=O) groups excluding carboxylic acids is 2. The fourth-order valence-electron chi connectivity index (χ4n) is 3.11. The number of amides is 2. The normalized spacial score (nSPS) is 14.3. The molecule has 0 aromatic heterocycles. The second-order valence-corrected chi connectivity index (χ2v) is 8.13. The minimum absolute atomic E-state index is 0.179. The van der Waals surface area contributed by atoms with Crippen molar-refractivity contribution in [2.75, 3.05) is 44.7 Å². The topological polar surface area (TPSA) is 70.7 Å². The number of morpholine rings is 1. The van der Waals surface area contributed by atoms with Crippen molar-refractivity contribution in [3.05, 3.63) is 53.8 Å². The highest BCUT2D eigenvalue weighted by Gasteiger charge is 2.13. The smallest absolute Gasteiger partial charge is 0.251 e. The molecule has 30 heavy (non-hydrogen) atoms. The number of benzene rings is 2. The fourth-order valence-corrected chi connectivity index (χ4v) is 3.99. The van der Waals surface area contributed by atoms with Crippen LogP contribution in [0.15, 0.2) is 52.3 Å². The third-order valence-electron chi connectivity index (χ3n) is 4.63. The highest BCUT2D eigenvalue weighted by atomic mass is 32.2. The highest BCUT2D eigenvalue weighted by Crippen LogP contribution is 2.34. The van der Waals surface area contributed by atoms with Gasteiger partial charge in [-0.2, -0.15) is 0 Å². The third-order valence-corrected chi connectivity index (χ3v) is 5.72. The Balaban J connectivity index is 1.60. The molecule has 0 unspecified atom stereocenters. The number of nitrogens with one attached hydrogen (secondary N) is 2. The van der Waals surface area contributed by atoms with Gasteiger partial charge in [0.25, 0.3) is 5.91 Å². The van der Waals surface area contributed by atoms with E-state index in [9.17, 15) is 14.0 Å². The molecule has 0 aliphatic carbocycles. The zero-order valence-corrected chi connectivity index (χ0v) is 17.8. The lowest BCUT2D eigenvalue weighted by Crippen LogP contribution is -2.38. The molecule has 0 bridgehead atoms. The zero-order valence-electron chi connectivity index (χ0n) is 16.9. The molecule has 160 valence electrons. The van der Waals surface area contributed by atoms with Crippen LogP contribution in [-0.2, 0) is 9.53 Å². The first-order valence-electron chi connectivity index (χ1n) is 9.94. The summed E-state index contributed by atoms with van der Waals surface area (Å²) < 4.78 is 18.5. The van der Waals surface area contributed by atoms with Gasteiger partial charge in [0.15, 0.2) is 0 Å². The summed E-state index contributed by atoms with van der Waals surface area (Å²) in [6, 6.07) is 11.3. The Kier molecular flexibility index (Phi) is 8.24. The van der Waals surface area contributed by atoms with Crippen molar-refractivity contribution in [2.45, 2.75) is 23.1 Å². The van der Waals surface area contributed by atoms with Gasteiger partial charge in [-0.05, 0) is 55.4 Å². The average Bonchev–Trinajstić information content (AvgIpc) is 2.74. The van der Waals surface area contributed by atoms with Gasteiger partial charge in [-0.15, -0.1) is 0 Å². The van der Waals surface area contributed by atoms with Gasteiger partial charge >= 0.3 is 0 Å². The van der Waals surface area contributed by atoms with E-state index in [4.69, 9.17) is 4.74 Å². The number of rotatable bonds is 8. The Bertz CT molecular complexity index is 870. The molecule has 2 aromatic rings. The van der Waals surface area contributed by atoms with Gasteiger partial charge in [-0.1, -0.05) is 11.8 Å². The minimum Gasteiger partial charge on any atom is -0.379 e. The van der Waals surface area contributed by atoms with E-state index in [1.807, 2.05) is 0 Å². The quantitative estimate of drug-likeness (QED) is 0.627. The first kappa shape index (κ1) is 22.3. The number of halogens is 1. The summed E-state index contributed by atoms with van der Waals surface area (Å²) in [5.41, 5.74) is 1.03. The lowest BCUT2D eigenvalue weighted by atomic mass is 10.2. The standard InChI is InChI=1S/C22H26FN3O3S/c1-16(27)25-20-15-17(3-8-21(20)30-19-6-4-18(23)5-7-19)22(28)24-9-2-10-26-11-13-29-14-12-26/h3-8,15H,2,9-14H2,1H3,(H,24,28)(H,25,27). The summed E-state index contributed by atoms with van der Waals surface area (Å²) in [6.45, 7) is 6.32. The average molecular weight is 432 g/mol. The predicted octanol–water partition coefficient (Wildman–Crippen LogP) is 3.39. The van der Waals surface area contributed by atoms with Crippen molar-refractivity contribution < 1.29 is 18.7 Å². The van der Waals surface area contributed by atoms with Crippen LogP contribution in [0.3, 0.4) is 0 Å². The molecule has 3 rings (SSSR count). The monoisotopic (exact) mass is 431 g/mol. The van der Waals surface area contributed by atoms with Crippen LogP contribution in [0.25, 0.3) is 0 Å². The maximum atomic E-state index is 13.1. The highest BCUT2D eigenvalue weighted by molar-refractivity contribution is 7.99. The van der Waals surface area contributed by atoms with Gasteiger partial charge in [-0.25, -0.2) is 4.39 Å². The van der Waals surface area contributed by atoms with Gasteiger partial charge < -0.3 is 15.4 Å². The molecule has 1 saturated heterocycles. The molecule has 6 nitrogen and oxygen atoms in total. The fraction of sp³-hybridized carbons (Fsp3) is 0.364. The Morgan fingerprint density at radius 3 is 2.57 bits per heavy atom. The maximum Gasteiger partial charge on any atom is 0.251 e. The first-order valence-corrected chi connectivity index (χ1v) is 10.8. The number of carbonyl (C=O) groups is 2. The van der Waals surface area contributed by atoms with Gasteiger partial charge in [-0.3, -0.25) is 14.5 Å². The van der Waals surface area contributed by atoms with Crippen LogP contribution in [0.2, 0.25) is 0 Å². The summed E-state index contributed by atoms with van der Waals surface area (Å²) in [5, 5.41) is 5.71. The number of anilines is 1. The third kappa shape index (κ3) is 6.83. The number of nitrogens with zero attached hydrogens (tertiary/aromatic N) is 1. The van der Waals surface area contributed by atoms with Crippen molar-refractivity contribution in [1.82, 2.24) is 10.2 Å². The Morgan fingerprint density at radius 1 is 1.13 bits per heavy atom. The predicted molar refractivity (Wildman–Crippen MR) is 115 cm³/mol. The molecule has 8 heteroatoms. The van der Waals surface area contributed by atoms with Crippen LogP contribution in [0.5, 0.6) is 0 Å². The van der Waals surface area contributed by atoms with E-state index in [0.29, 0.717) is 17.8 Å². The van der Waals surface area contributed by atoms with Gasteiger partial charge in [0.05, 0.1) is 18.9 Å². The number of hydrogen-bond acceptors (Lipinski definition) is 5. The molecule has 2 N–H and O–H groups in total. The molecule has 1 heterocycles. The Morgan fingerprint density at radius 2 is 1.87 bits per heavy atom. The summed E-state index contributed by atoms with van der Waals surface area (Å²) >= 11 is 1.39. The van der Waals surface area contributed by atoms with Gasteiger partial charge in [0.1, 0.15) is 5.82 Å². The molecule has 0 atom stereocenters. The van der Waals surface area contributed by atoms with E-state index in [0.717, 1.165) is 49.1 Å². The van der Waals surface area contributed by atoms with Crippen LogP contribution >= 0.6 is 11.8 Å². The van der Waals surface area contributed by atoms with E-state index in [1.54, 1.807) is 30.3 Å². The van der Waals surface area contributed by atoms with Crippen LogP contribution in [0, 0.1) is 5.82 Å². The second-order valence-electron chi connectivity index (χ2n) is 7.01. The number of ether oxygens (including phenoxy) is 1. The maximum absolute atomic E-state index is 13.1. The lowest BCUT2D eigenvalue weighted by molar-refractivity contribution is -0.114. The molecule has 0 saturated carbocycles. The molecule has 1 aliphatic rings. The van der Waals surface area contributed by atoms with Crippen molar-refractivity contribution in [1.29, 1.82) is 0 Å². The molecule has 0 spiro atoms. The molecular weight excluding hydrogens is 405 g/mol. The summed E-state index contributed by atoms with van der Waals surface area (Å²) in [6.07, 6.45) is 0.864. The Hall–Kier alpha value is -2.42. The molecule has 1 fully saturated rings. The zero-order chi connectivity index (χ0) is 21.3. The largest absolute Gasteiger partial charge is 0.379 e. The van der Waals surface area contributed by atoms with Crippen LogP contribution in [0.4, 0.5) is 10.1 Å². The van der Waals surface area contributed by atoms with E-state index in [1.165, 1.54) is 30.8 Å². The van der Waals surface area contributed by atoms with Crippen LogP contribution < -0.4 is 10.6 Å². The number of hydrogen-bond donors (Lipinski definition) is 2. The van der Waals surface area contributed by atoms with Crippen LogP contribution in [0.1, 0.15) is 23.7 Å². The van der Waals surface area contributed by atoms with Gasteiger partial charge in [0, 0.05) is 41.9 Å². The summed E-state index contributed by atoms with van der Waals surface area (Å²) in [7, 11) is 0. The van der Waals surface area contributed by atoms with E-state index < -0.39 is 0 Å². The summed E-state index contributed by atoms with van der Waals surface area (Å²) in [5.74, 6) is -0.706. The van der Waals surface area contributed by atoms with Crippen molar-refractivity contribution in [3.8, 4) is 0 Å². The molecule has 1 aliphatic heterocycles. The molecule has 2 aromatic carbocycles. The SMILES string of the molecule is CC(=O)Nc1cc(C(=O)NCCCN2CCOCC2)ccc1Sc1ccc(F)cc1. The molecule has 2 amide bonds. The van der Waals surface area contributed by atoms with E-state index >= 15 is 0 Å². The minimum atomic E-state index is -0.304.